The number of rotatable bonds is 8. The molecule has 0 N–H and O–H groups in total. The van der Waals surface area contributed by atoms with Crippen molar-refractivity contribution in [2.75, 3.05) is 9.80 Å². The van der Waals surface area contributed by atoms with Crippen molar-refractivity contribution >= 4 is 72.2 Å². The monoisotopic (exact) mass is 983 g/mol. The second-order valence-electron chi connectivity index (χ2n) is 20.6. The first kappa shape index (κ1) is 43.5. The van der Waals surface area contributed by atoms with Gasteiger partial charge < -0.3 is 18.8 Å². The van der Waals surface area contributed by atoms with Crippen molar-refractivity contribution in [2.24, 2.45) is 0 Å². The molecule has 11 aromatic carbocycles. The number of hydrogen-bond donors (Lipinski definition) is 0. The van der Waals surface area contributed by atoms with E-state index in [1.807, 2.05) is 0 Å². The van der Waals surface area contributed by atoms with Crippen LogP contribution in [-0.2, 0) is 5.41 Å². The van der Waals surface area contributed by atoms with Gasteiger partial charge in [-0.2, -0.15) is 0 Å². The summed E-state index contributed by atoms with van der Waals surface area (Å²) in [4.78, 5) is 4.85. The summed E-state index contributed by atoms with van der Waals surface area (Å²) >= 11 is 0. The van der Waals surface area contributed by atoms with Crippen LogP contribution in [0.15, 0.2) is 283 Å². The van der Waals surface area contributed by atoms with Gasteiger partial charge in [-0.1, -0.05) is 176 Å². The zero-order chi connectivity index (χ0) is 50.6. The third-order valence-corrected chi connectivity index (χ3v) is 16.6. The van der Waals surface area contributed by atoms with Gasteiger partial charge in [-0.05, 0) is 160 Å². The lowest BCUT2D eigenvalue weighted by molar-refractivity contribution is 0.673. The van der Waals surface area contributed by atoms with Crippen LogP contribution in [0.3, 0.4) is 0 Å². The molecule has 3 aliphatic rings. The molecule has 16 rings (SSSR count). The highest BCUT2D eigenvalue weighted by atomic mass is 16.3. The second-order valence-corrected chi connectivity index (χ2v) is 20.6. The number of fused-ring (bicyclic) bond motifs is 18. The Labute approximate surface area is 447 Å². The maximum atomic E-state index is 7.45. The van der Waals surface area contributed by atoms with Crippen molar-refractivity contribution < 1.29 is 4.42 Å². The molecular weight excluding hydrogens is 935 g/mol. The van der Waals surface area contributed by atoms with E-state index in [1.165, 1.54) is 55.6 Å². The summed E-state index contributed by atoms with van der Waals surface area (Å²) in [6, 6.07) is 93.7. The van der Waals surface area contributed by atoms with Crippen molar-refractivity contribution in [3.8, 4) is 39.1 Å². The fourth-order valence-corrected chi connectivity index (χ4v) is 13.5. The van der Waals surface area contributed by atoms with Crippen LogP contribution >= 0.6 is 0 Å². The van der Waals surface area contributed by atoms with Crippen LogP contribution in [-0.4, -0.2) is 4.57 Å². The molecule has 0 amide bonds. The largest absolute Gasteiger partial charge is 0.455 e. The van der Waals surface area contributed by atoms with Gasteiger partial charge in [-0.25, -0.2) is 0 Å². The molecule has 4 nitrogen and oxygen atoms in total. The zero-order valence-electron chi connectivity index (χ0n) is 42.1. The number of anilines is 5. The van der Waals surface area contributed by atoms with Crippen LogP contribution < -0.4 is 9.80 Å². The third kappa shape index (κ3) is 6.39. The van der Waals surface area contributed by atoms with Crippen molar-refractivity contribution in [1.29, 1.82) is 0 Å². The smallest absolute Gasteiger partial charge is 0.145 e. The zero-order valence-corrected chi connectivity index (χ0v) is 42.1. The van der Waals surface area contributed by atoms with E-state index >= 15 is 0 Å². The molecule has 1 unspecified atom stereocenters. The number of para-hydroxylation sites is 5. The molecule has 0 radical (unpaired) electrons. The highest BCUT2D eigenvalue weighted by Gasteiger charge is 2.52. The number of allylic oxidation sites excluding steroid dienone is 4. The lowest BCUT2D eigenvalue weighted by atomic mass is 9.70. The van der Waals surface area contributed by atoms with E-state index < -0.39 is 5.41 Å². The molecule has 362 valence electrons. The molecule has 4 heteroatoms. The number of furan rings is 1. The second kappa shape index (κ2) is 17.1. The van der Waals surface area contributed by atoms with Gasteiger partial charge in [0.25, 0.3) is 0 Å². The molecule has 1 atom stereocenters. The Kier molecular flexibility index (Phi) is 9.64. The fraction of sp³-hybridized carbons (Fsp3) is 0.0411. The van der Waals surface area contributed by atoms with Crippen LogP contribution in [0, 0.1) is 0 Å². The van der Waals surface area contributed by atoms with E-state index in [0.29, 0.717) is 0 Å². The number of benzene rings is 11. The average Bonchev–Trinajstić information content (AvgIpc) is 4.42. The molecular formula is C73H49N3O. The maximum absolute atomic E-state index is 7.45. The molecule has 0 bridgehead atoms. The molecule has 77 heavy (non-hydrogen) atoms. The molecule has 3 aliphatic carbocycles. The number of hydrogen-bond acceptors (Lipinski definition) is 3. The summed E-state index contributed by atoms with van der Waals surface area (Å²) in [7, 11) is 0. The number of nitrogens with zero attached hydrogens (tertiary/aromatic N) is 3. The summed E-state index contributed by atoms with van der Waals surface area (Å²) in [6.07, 6.45) is 8.68. The van der Waals surface area contributed by atoms with Crippen LogP contribution in [0.5, 0.6) is 0 Å². The van der Waals surface area contributed by atoms with Crippen LogP contribution in [0.4, 0.5) is 28.4 Å². The molecule has 1 spiro atoms. The van der Waals surface area contributed by atoms with Crippen LogP contribution in [0.25, 0.3) is 82.8 Å². The highest BCUT2D eigenvalue weighted by molar-refractivity contribution is 6.25. The highest BCUT2D eigenvalue weighted by Crippen LogP contribution is 2.64. The minimum Gasteiger partial charge on any atom is -0.455 e. The Morgan fingerprint density at radius 2 is 0.961 bits per heavy atom. The van der Waals surface area contributed by atoms with Crippen molar-refractivity contribution in [1.82, 2.24) is 4.57 Å². The molecule has 0 aliphatic heterocycles. The van der Waals surface area contributed by atoms with Crippen molar-refractivity contribution in [3.05, 3.63) is 301 Å². The summed E-state index contributed by atoms with van der Waals surface area (Å²) in [6.45, 7) is 0. The summed E-state index contributed by atoms with van der Waals surface area (Å²) in [5.74, 6) is 0. The van der Waals surface area contributed by atoms with Gasteiger partial charge in [0.2, 0.25) is 0 Å². The SMILES string of the molecule is C1=CCCC(N(c2ccccc2)c2cc(-c3ccc4c(c3)-c3ccccc3C43c4ccccc4-c4c3ccc3c4oc4c3ccc3c4c4ccccc4n3-c3ccccc3)cc(N(c3ccccc3)c3ccccc3)c2)=C1. The van der Waals surface area contributed by atoms with Gasteiger partial charge in [0.1, 0.15) is 11.2 Å². The molecule has 0 fully saturated rings. The standard InChI is InChI=1S/C73H49N3O/c1-6-22-50(23-7-1)74(51-24-8-2-9-25-51)55-44-49(45-56(47-55)75(52-26-10-3-11-27-52)53-28-12-4-13-29-53)48-38-41-65-62(46-48)57-32-16-19-35-63(57)73(65)64-36-20-17-33-60(64)69-66(73)42-39-58-59-40-43-68-70(72(59)77-71(58)69)61-34-18-21-37-67(61)76(68)54-30-14-5-15-31-54/h1-12,14-28,30-47H,13,29H2. The third-order valence-electron chi connectivity index (χ3n) is 16.6. The normalized spacial score (nSPS) is 15.0. The quantitative estimate of drug-likeness (QED) is 0.152. The van der Waals surface area contributed by atoms with Crippen molar-refractivity contribution in [3.63, 3.8) is 0 Å². The van der Waals surface area contributed by atoms with Gasteiger partial charge >= 0.3 is 0 Å². The average molecular weight is 984 g/mol. The Morgan fingerprint density at radius 1 is 0.390 bits per heavy atom. The maximum Gasteiger partial charge on any atom is 0.145 e. The minimum atomic E-state index is -0.572. The summed E-state index contributed by atoms with van der Waals surface area (Å²) in [5.41, 5.74) is 23.8. The van der Waals surface area contributed by atoms with E-state index in [-0.39, 0.29) is 0 Å². The fourth-order valence-electron chi connectivity index (χ4n) is 13.5. The van der Waals surface area contributed by atoms with Crippen molar-refractivity contribution in [2.45, 2.75) is 18.3 Å². The Hall–Kier alpha value is -9.90. The predicted octanol–water partition coefficient (Wildman–Crippen LogP) is 19.5. The van der Waals surface area contributed by atoms with E-state index in [9.17, 15) is 0 Å². The first-order chi connectivity index (χ1) is 38.2. The van der Waals surface area contributed by atoms with Crippen LogP contribution in [0.1, 0.15) is 35.1 Å². The Morgan fingerprint density at radius 3 is 1.68 bits per heavy atom. The summed E-state index contributed by atoms with van der Waals surface area (Å²) in [5, 5.41) is 4.58. The topological polar surface area (TPSA) is 24.6 Å². The minimum absolute atomic E-state index is 0.572. The van der Waals surface area contributed by atoms with Gasteiger partial charge in [0.05, 0.1) is 21.8 Å². The van der Waals surface area contributed by atoms with Gasteiger partial charge in [-0.3, -0.25) is 0 Å². The van der Waals surface area contributed by atoms with Gasteiger partial charge in [-0.15, -0.1) is 0 Å². The number of aromatic nitrogens is 1. The molecule has 13 aromatic rings. The van der Waals surface area contributed by atoms with Crippen LogP contribution in [0.2, 0.25) is 0 Å². The molecule has 0 saturated heterocycles. The summed E-state index contributed by atoms with van der Waals surface area (Å²) < 4.78 is 9.82. The van der Waals surface area contributed by atoms with E-state index in [2.05, 4.69) is 287 Å². The predicted molar refractivity (Wildman–Crippen MR) is 320 cm³/mol. The lowest BCUT2D eigenvalue weighted by Gasteiger charge is -2.32. The molecule has 0 saturated carbocycles. The lowest BCUT2D eigenvalue weighted by Crippen LogP contribution is -2.25. The van der Waals surface area contributed by atoms with Gasteiger partial charge in [0, 0.05) is 61.5 Å². The van der Waals surface area contributed by atoms with E-state index in [0.717, 1.165) is 96.5 Å². The first-order valence-corrected chi connectivity index (χ1v) is 26.8. The Balaban J connectivity index is 0.921. The van der Waals surface area contributed by atoms with Gasteiger partial charge in [0.15, 0.2) is 0 Å². The molecule has 2 aromatic heterocycles. The van der Waals surface area contributed by atoms with E-state index in [1.54, 1.807) is 0 Å². The van der Waals surface area contributed by atoms with E-state index in [4.69, 9.17) is 4.42 Å². The molecule has 2 heterocycles. The Bertz CT molecular complexity index is 4530. The first-order valence-electron chi connectivity index (χ1n) is 26.8.